The topological polar surface area (TPSA) is 101 Å². The molecule has 182 valence electrons. The number of aliphatic hydroxyl groups is 2. The summed E-state index contributed by atoms with van der Waals surface area (Å²) >= 11 is 0. The lowest BCUT2D eigenvalue weighted by atomic mass is 9.82. The van der Waals surface area contributed by atoms with Gasteiger partial charge in [0, 0.05) is 19.3 Å². The van der Waals surface area contributed by atoms with Crippen LogP contribution in [0.4, 0.5) is 0 Å². The number of aliphatic hydroxyl groups excluding tert-OH is 2. The lowest BCUT2D eigenvalue weighted by Crippen LogP contribution is -2.60. The van der Waals surface area contributed by atoms with Gasteiger partial charge in [0.15, 0.2) is 11.6 Å². The molecule has 1 atom stereocenters. The molecule has 0 spiro atoms. The molecule has 0 bridgehead atoms. The Bertz CT molecular complexity index is 476. The predicted molar refractivity (Wildman–Crippen MR) is 123 cm³/mol. The van der Waals surface area contributed by atoms with Gasteiger partial charge in [0.25, 0.3) is 5.60 Å². The first-order valence-electron chi connectivity index (χ1n) is 12.5. The van der Waals surface area contributed by atoms with E-state index >= 15 is 0 Å². The molecule has 0 heterocycles. The molecule has 0 aliphatic rings. The van der Waals surface area contributed by atoms with Crippen LogP contribution in [-0.4, -0.2) is 46.1 Å². The standard InChI is InChI=1S/C25H46O6/c1-4-7-10-12-15-17-21(27)25(23(29)20-26,31-24(30)19-14-9-6-3)22(28)18-16-13-11-8-5-2/h23,26,29H,4-20H2,1-3H3. The molecule has 0 saturated heterocycles. The van der Waals surface area contributed by atoms with Crippen LogP contribution >= 0.6 is 0 Å². The van der Waals surface area contributed by atoms with Crippen molar-refractivity contribution < 1.29 is 29.3 Å². The molecule has 0 aromatic heterocycles. The van der Waals surface area contributed by atoms with Crippen molar-refractivity contribution in [1.29, 1.82) is 0 Å². The van der Waals surface area contributed by atoms with Crippen molar-refractivity contribution in [2.45, 2.75) is 135 Å². The van der Waals surface area contributed by atoms with Gasteiger partial charge in [-0.3, -0.25) is 14.4 Å². The van der Waals surface area contributed by atoms with Gasteiger partial charge < -0.3 is 14.9 Å². The molecule has 6 heteroatoms. The Labute approximate surface area is 189 Å². The second-order valence-electron chi connectivity index (χ2n) is 8.54. The van der Waals surface area contributed by atoms with Crippen LogP contribution in [0.25, 0.3) is 0 Å². The summed E-state index contributed by atoms with van der Waals surface area (Å²) in [5.74, 6) is -1.85. The molecule has 0 saturated carbocycles. The number of unbranched alkanes of at least 4 members (excludes halogenated alkanes) is 10. The molecule has 0 rings (SSSR count). The number of Topliss-reactive ketones (excluding diaryl/α,β-unsaturated/α-hetero) is 2. The van der Waals surface area contributed by atoms with E-state index in [9.17, 15) is 24.6 Å². The molecular weight excluding hydrogens is 396 g/mol. The highest BCUT2D eigenvalue weighted by molar-refractivity contribution is 6.12. The molecule has 31 heavy (non-hydrogen) atoms. The first-order valence-corrected chi connectivity index (χ1v) is 12.5. The molecule has 0 radical (unpaired) electrons. The minimum absolute atomic E-state index is 0.0462. The van der Waals surface area contributed by atoms with Crippen molar-refractivity contribution in [3.05, 3.63) is 0 Å². The fourth-order valence-corrected chi connectivity index (χ4v) is 3.74. The molecule has 6 nitrogen and oxygen atoms in total. The largest absolute Gasteiger partial charge is 0.440 e. The zero-order valence-corrected chi connectivity index (χ0v) is 20.1. The van der Waals surface area contributed by atoms with Gasteiger partial charge in [-0.05, 0) is 19.3 Å². The average Bonchev–Trinajstić information content (AvgIpc) is 2.76. The number of ether oxygens (including phenoxy) is 1. The Morgan fingerprint density at radius 3 is 1.48 bits per heavy atom. The Morgan fingerprint density at radius 2 is 1.06 bits per heavy atom. The molecule has 1 unspecified atom stereocenters. The van der Waals surface area contributed by atoms with E-state index in [1.54, 1.807) is 0 Å². The molecule has 0 fully saturated rings. The predicted octanol–water partition coefficient (Wildman–Crippen LogP) is 5.06. The first kappa shape index (κ1) is 29.7. The van der Waals surface area contributed by atoms with E-state index in [1.807, 2.05) is 6.92 Å². The maximum Gasteiger partial charge on any atom is 0.307 e. The van der Waals surface area contributed by atoms with Gasteiger partial charge in [-0.15, -0.1) is 0 Å². The third kappa shape index (κ3) is 11.2. The Balaban J connectivity index is 5.42. The summed E-state index contributed by atoms with van der Waals surface area (Å²) in [6, 6.07) is 0. The van der Waals surface area contributed by atoms with Crippen molar-refractivity contribution in [2.75, 3.05) is 6.61 Å². The number of rotatable bonds is 21. The van der Waals surface area contributed by atoms with Crippen LogP contribution in [0.2, 0.25) is 0 Å². The van der Waals surface area contributed by atoms with Gasteiger partial charge in [-0.2, -0.15) is 0 Å². The lowest BCUT2D eigenvalue weighted by molar-refractivity contribution is -0.188. The monoisotopic (exact) mass is 442 g/mol. The number of ketones is 2. The quantitative estimate of drug-likeness (QED) is 0.146. The Morgan fingerprint density at radius 1 is 0.677 bits per heavy atom. The van der Waals surface area contributed by atoms with E-state index < -0.39 is 35.8 Å². The van der Waals surface area contributed by atoms with E-state index in [4.69, 9.17) is 4.74 Å². The molecule has 0 aliphatic heterocycles. The van der Waals surface area contributed by atoms with Gasteiger partial charge in [-0.1, -0.05) is 85.0 Å². The second-order valence-corrected chi connectivity index (χ2v) is 8.54. The van der Waals surface area contributed by atoms with Gasteiger partial charge in [-0.25, -0.2) is 0 Å². The minimum atomic E-state index is -2.28. The van der Waals surface area contributed by atoms with E-state index in [-0.39, 0.29) is 19.3 Å². The SMILES string of the molecule is CCCCCCCC(=O)C(OC(=O)CCCCC)(C(=O)CCCCCCC)C(O)CO. The van der Waals surface area contributed by atoms with Crippen molar-refractivity contribution in [3.8, 4) is 0 Å². The van der Waals surface area contributed by atoms with Crippen LogP contribution in [-0.2, 0) is 19.1 Å². The van der Waals surface area contributed by atoms with E-state index in [1.165, 1.54) is 0 Å². The van der Waals surface area contributed by atoms with E-state index in [0.29, 0.717) is 19.3 Å². The minimum Gasteiger partial charge on any atom is -0.440 e. The average molecular weight is 443 g/mol. The highest BCUT2D eigenvalue weighted by Gasteiger charge is 2.53. The van der Waals surface area contributed by atoms with Gasteiger partial charge >= 0.3 is 5.97 Å². The fourth-order valence-electron chi connectivity index (χ4n) is 3.74. The Hall–Kier alpha value is -1.27. The van der Waals surface area contributed by atoms with Crippen molar-refractivity contribution in [2.24, 2.45) is 0 Å². The van der Waals surface area contributed by atoms with Gasteiger partial charge in [0.2, 0.25) is 0 Å². The number of carbonyl (C=O) groups is 3. The van der Waals surface area contributed by atoms with Crippen molar-refractivity contribution in [1.82, 2.24) is 0 Å². The van der Waals surface area contributed by atoms with E-state index in [0.717, 1.165) is 64.2 Å². The van der Waals surface area contributed by atoms with Gasteiger partial charge in [0.05, 0.1) is 6.61 Å². The Kier molecular flexibility index (Phi) is 17.6. The van der Waals surface area contributed by atoms with Crippen LogP contribution < -0.4 is 0 Å². The lowest BCUT2D eigenvalue weighted by Gasteiger charge is -2.34. The van der Waals surface area contributed by atoms with Crippen LogP contribution in [0.15, 0.2) is 0 Å². The van der Waals surface area contributed by atoms with Crippen LogP contribution in [0.3, 0.4) is 0 Å². The molecule has 0 aliphatic carbocycles. The molecule has 0 aromatic rings. The zero-order valence-electron chi connectivity index (χ0n) is 20.1. The summed E-state index contributed by atoms with van der Waals surface area (Å²) in [5, 5.41) is 20.2. The third-order valence-electron chi connectivity index (χ3n) is 5.74. The number of hydrogen-bond acceptors (Lipinski definition) is 6. The maximum absolute atomic E-state index is 13.2. The van der Waals surface area contributed by atoms with Gasteiger partial charge in [0.1, 0.15) is 6.10 Å². The fraction of sp³-hybridized carbons (Fsp3) is 0.880. The highest BCUT2D eigenvalue weighted by atomic mass is 16.6. The van der Waals surface area contributed by atoms with Crippen LogP contribution in [0.1, 0.15) is 124 Å². The third-order valence-corrected chi connectivity index (χ3v) is 5.74. The molecular formula is C25H46O6. The highest BCUT2D eigenvalue weighted by Crippen LogP contribution is 2.27. The summed E-state index contributed by atoms with van der Waals surface area (Å²) in [6.07, 6.45) is 9.85. The summed E-state index contributed by atoms with van der Waals surface area (Å²) in [4.78, 5) is 38.8. The van der Waals surface area contributed by atoms with Crippen LogP contribution in [0, 0.1) is 0 Å². The maximum atomic E-state index is 13.2. The van der Waals surface area contributed by atoms with Crippen molar-refractivity contribution in [3.63, 3.8) is 0 Å². The smallest absolute Gasteiger partial charge is 0.307 e. The van der Waals surface area contributed by atoms with Crippen molar-refractivity contribution >= 4 is 17.5 Å². The normalized spacial score (nSPS) is 12.5. The number of esters is 1. The molecule has 0 aromatic carbocycles. The molecule has 2 N–H and O–H groups in total. The number of carbonyl (C=O) groups excluding carboxylic acids is 3. The van der Waals surface area contributed by atoms with E-state index in [2.05, 4.69) is 13.8 Å². The first-order chi connectivity index (χ1) is 14.9. The number of hydrogen-bond donors (Lipinski definition) is 2. The molecule has 0 amide bonds. The summed E-state index contributed by atoms with van der Waals surface area (Å²) in [7, 11) is 0. The second kappa shape index (κ2) is 18.3. The zero-order chi connectivity index (χ0) is 23.5. The van der Waals surface area contributed by atoms with Crippen LogP contribution in [0.5, 0.6) is 0 Å². The summed E-state index contributed by atoms with van der Waals surface area (Å²) in [5.41, 5.74) is -2.28. The summed E-state index contributed by atoms with van der Waals surface area (Å²) in [6.45, 7) is 5.40. The summed E-state index contributed by atoms with van der Waals surface area (Å²) < 4.78 is 5.47.